The third kappa shape index (κ3) is 5.62. The third-order valence-corrected chi connectivity index (χ3v) is 14.4. The third-order valence-electron chi connectivity index (χ3n) is 12.0. The summed E-state index contributed by atoms with van der Waals surface area (Å²) in [6.45, 7) is 0. The molecule has 2 aromatic heterocycles. The van der Waals surface area contributed by atoms with E-state index in [1.165, 1.54) is 90.6 Å². The minimum absolute atomic E-state index is 0.364. The predicted molar refractivity (Wildman–Crippen MR) is 253 cm³/mol. The first-order valence-electron chi connectivity index (χ1n) is 20.2. The monoisotopic (exact) mass is 816 g/mol. The second kappa shape index (κ2) is 13.7. The molecule has 12 aromatic rings. The van der Waals surface area contributed by atoms with E-state index in [4.69, 9.17) is 0 Å². The van der Waals surface area contributed by atoms with Gasteiger partial charge in [0.15, 0.2) is 0 Å². The zero-order valence-electron chi connectivity index (χ0n) is 32.1. The summed E-state index contributed by atoms with van der Waals surface area (Å²) in [6.07, 6.45) is 0. The molecule has 0 saturated carbocycles. The Labute approximate surface area is 348 Å². The Kier molecular flexibility index (Phi) is 7.91. The molecule has 276 valence electrons. The molecule has 12 rings (SSSR count). The Morgan fingerprint density at radius 2 is 0.847 bits per heavy atom. The fourth-order valence-corrected chi connectivity index (χ4v) is 11.4. The Hall–Kier alpha value is -7.16. The van der Waals surface area contributed by atoms with E-state index >= 15 is 0 Å². The molecule has 2 nitrogen and oxygen atoms in total. The van der Waals surface area contributed by atoms with Crippen LogP contribution in [0.4, 0.5) is 17.1 Å². The van der Waals surface area contributed by atoms with Crippen molar-refractivity contribution in [2.75, 3.05) is 4.90 Å². The molecule has 10 aromatic carbocycles. The van der Waals surface area contributed by atoms with Gasteiger partial charge < -0.3 is 4.57 Å². The molecule has 0 aliphatic rings. The minimum Gasteiger partial charge on any atom is -0.0602 e. The first kappa shape index (κ1) is 33.9. The van der Waals surface area contributed by atoms with Gasteiger partial charge in [0.1, 0.15) is 0 Å². The van der Waals surface area contributed by atoms with Crippen molar-refractivity contribution in [2.45, 2.75) is 0 Å². The molecule has 0 bridgehead atoms. The molecule has 0 atom stereocenters. The van der Waals surface area contributed by atoms with Crippen molar-refractivity contribution in [1.29, 1.82) is 0 Å². The average molecular weight is 816 g/mol. The first-order valence-corrected chi connectivity index (χ1v) is 21.9. The Bertz CT molecular complexity index is 3540. The van der Waals surface area contributed by atoms with Gasteiger partial charge in [0.25, 0.3) is 0 Å². The predicted octanol–water partition coefficient (Wildman–Crippen LogP) is 15.3. The molecule has 0 radical (unpaired) electrons. The Morgan fingerprint density at radius 1 is 0.322 bits per heavy atom. The average Bonchev–Trinajstić information content (AvgIpc) is 3.85. The summed E-state index contributed by atoms with van der Waals surface area (Å²) in [5.41, 5.74) is 11.8. The summed E-state index contributed by atoms with van der Waals surface area (Å²) in [4.78, 5) is 2.43. The van der Waals surface area contributed by atoms with Gasteiger partial charge in [-0.25, -0.2) is 0 Å². The number of nitrogens with zero attached hydrogens (tertiary/aromatic N) is 2. The van der Waals surface area contributed by atoms with Crippen LogP contribution in [0.5, 0.6) is 0 Å². The van der Waals surface area contributed by atoms with Gasteiger partial charge in [-0.05, 0) is 46.8 Å². The molecule has 0 unspecified atom stereocenters. The van der Waals surface area contributed by atoms with Crippen LogP contribution in [-0.2, 0) is 0 Å². The molecule has 0 spiro atoms. The number of hydrogen-bond acceptors (Lipinski definition) is 1. The van der Waals surface area contributed by atoms with E-state index in [-0.39, 0.29) is 0 Å². The Balaban J connectivity index is 0.981. The van der Waals surface area contributed by atoms with Gasteiger partial charge in [-0.15, -0.1) is 0 Å². The summed E-state index contributed by atoms with van der Waals surface area (Å²) in [5.74, 6) is 0. The Morgan fingerprint density at radius 3 is 1.59 bits per heavy atom. The van der Waals surface area contributed by atoms with Gasteiger partial charge in [-0.2, -0.15) is 0 Å². The normalized spacial score (nSPS) is 11.7. The molecule has 0 aliphatic heterocycles. The van der Waals surface area contributed by atoms with Crippen LogP contribution in [0.3, 0.4) is 0 Å². The van der Waals surface area contributed by atoms with Gasteiger partial charge in [-0.1, -0.05) is 84.9 Å². The summed E-state index contributed by atoms with van der Waals surface area (Å²) in [7, 11) is 0. The van der Waals surface area contributed by atoms with Gasteiger partial charge in [0.2, 0.25) is 0 Å². The summed E-state index contributed by atoms with van der Waals surface area (Å²) in [5, 5.41) is 10.2. The molecule has 0 aliphatic carbocycles. The van der Waals surface area contributed by atoms with E-state index in [9.17, 15) is 0 Å². The smallest absolute Gasteiger partial charge is 0.0602 e. The fourth-order valence-electron chi connectivity index (χ4n) is 9.17. The second-order valence-electron chi connectivity index (χ2n) is 15.3. The van der Waals surface area contributed by atoms with Crippen LogP contribution in [0, 0.1) is 0 Å². The van der Waals surface area contributed by atoms with Crippen molar-refractivity contribution < 1.29 is 0 Å². The van der Waals surface area contributed by atoms with E-state index in [1.54, 1.807) is 0 Å². The molecule has 0 fully saturated rings. The maximum absolute atomic E-state index is 2.43. The summed E-state index contributed by atoms with van der Waals surface area (Å²) >= 11 is 0.364. The van der Waals surface area contributed by atoms with Crippen LogP contribution in [0.1, 0.15) is 0 Å². The van der Waals surface area contributed by atoms with Crippen LogP contribution in [-0.4, -0.2) is 19.1 Å². The second-order valence-corrected chi connectivity index (χ2v) is 17.6. The van der Waals surface area contributed by atoms with Gasteiger partial charge in [-0.3, -0.25) is 0 Å². The molecular weight excluding hydrogens is 780 g/mol. The van der Waals surface area contributed by atoms with Gasteiger partial charge in [0, 0.05) is 16.5 Å². The van der Waals surface area contributed by atoms with Crippen molar-refractivity contribution in [3.63, 3.8) is 0 Å². The van der Waals surface area contributed by atoms with Gasteiger partial charge in [0.05, 0.1) is 11.0 Å². The van der Waals surface area contributed by atoms with E-state index in [2.05, 4.69) is 228 Å². The molecular formula is C56H36N2Se. The molecule has 3 heteroatoms. The van der Waals surface area contributed by atoms with Crippen LogP contribution >= 0.6 is 0 Å². The first-order chi connectivity index (χ1) is 29.2. The van der Waals surface area contributed by atoms with Crippen molar-refractivity contribution >= 4 is 94.2 Å². The zero-order valence-corrected chi connectivity index (χ0v) is 33.8. The number of aromatic nitrogens is 1. The van der Waals surface area contributed by atoms with Crippen LogP contribution in [0.2, 0.25) is 0 Å². The SMILES string of the molecule is c1ccc(-n2c3ccccc3c3cc(-c4ccc(N(c5ccc(-c6ccc7[se]c8ccccc8c7c6)cc5)c5cc6ccccc6c6ccccc56)cc4)ccc32)cc1. The number of fused-ring (bicyclic) bond motifs is 9. The van der Waals surface area contributed by atoms with Crippen LogP contribution in [0.25, 0.3) is 90.6 Å². The standard InChI is InChI=1S/C56H36N2Se/c1-2-13-42(14-3-1)58-52-20-10-8-18-48(52)50-34-39(26-32-53(50)58)37-22-28-43(29-23-37)57(54-36-41-12-4-5-15-45(41)46-16-6-7-17-47(46)54)44-30-24-38(25-31-44)40-27-33-56-51(35-40)49-19-9-11-21-55(49)59-56/h1-36H. The van der Waals surface area contributed by atoms with Crippen LogP contribution in [0.15, 0.2) is 218 Å². The van der Waals surface area contributed by atoms with Crippen molar-refractivity contribution in [3.8, 4) is 27.9 Å². The molecule has 59 heavy (non-hydrogen) atoms. The maximum atomic E-state index is 2.43. The number of para-hydroxylation sites is 2. The molecule has 2 heterocycles. The van der Waals surface area contributed by atoms with Crippen LogP contribution < -0.4 is 4.90 Å². The van der Waals surface area contributed by atoms with Crippen molar-refractivity contribution in [2.24, 2.45) is 0 Å². The number of rotatable bonds is 6. The van der Waals surface area contributed by atoms with E-state index in [0.29, 0.717) is 14.5 Å². The van der Waals surface area contributed by atoms with Gasteiger partial charge >= 0.3 is 186 Å². The molecule has 0 saturated heterocycles. The summed E-state index contributed by atoms with van der Waals surface area (Å²) < 4.78 is 5.32. The van der Waals surface area contributed by atoms with Crippen molar-refractivity contribution in [1.82, 2.24) is 4.57 Å². The quantitative estimate of drug-likeness (QED) is 0.120. The zero-order chi connectivity index (χ0) is 38.9. The molecule has 0 amide bonds. The molecule has 0 N–H and O–H groups in total. The van der Waals surface area contributed by atoms with E-state index in [0.717, 1.165) is 17.1 Å². The van der Waals surface area contributed by atoms with E-state index < -0.39 is 0 Å². The number of hydrogen-bond donors (Lipinski definition) is 0. The van der Waals surface area contributed by atoms with E-state index in [1.807, 2.05) is 0 Å². The number of benzene rings is 10. The van der Waals surface area contributed by atoms with Crippen molar-refractivity contribution in [3.05, 3.63) is 218 Å². The number of anilines is 3. The summed E-state index contributed by atoms with van der Waals surface area (Å²) in [6, 6.07) is 80.4. The fraction of sp³-hybridized carbons (Fsp3) is 0. The topological polar surface area (TPSA) is 8.17 Å². The minimum atomic E-state index is 0.364.